The van der Waals surface area contributed by atoms with Gasteiger partial charge in [0.1, 0.15) is 0 Å². The maximum atomic E-state index is 12.3. The Morgan fingerprint density at radius 2 is 2.39 bits per heavy atom. The SMILES string of the molecule is COCc1cccc(C(=O)N2CCC[C@H](O)C2)c1. The number of piperidine rings is 1. The van der Waals surface area contributed by atoms with E-state index in [0.717, 1.165) is 24.9 Å². The Bertz CT molecular complexity index is 419. The first kappa shape index (κ1) is 13.1. The number of carbonyl (C=O) groups excluding carboxylic acids is 1. The minimum Gasteiger partial charge on any atom is -0.391 e. The number of aliphatic hydroxyl groups excluding tert-OH is 1. The van der Waals surface area contributed by atoms with Crippen molar-refractivity contribution in [1.29, 1.82) is 0 Å². The first-order valence-electron chi connectivity index (χ1n) is 6.26. The number of methoxy groups -OCH3 is 1. The summed E-state index contributed by atoms with van der Waals surface area (Å²) in [6.07, 6.45) is 1.27. The van der Waals surface area contributed by atoms with Crippen LogP contribution in [0, 0.1) is 0 Å². The van der Waals surface area contributed by atoms with Crippen LogP contribution in [0.1, 0.15) is 28.8 Å². The van der Waals surface area contributed by atoms with Crippen molar-refractivity contribution in [3.8, 4) is 0 Å². The smallest absolute Gasteiger partial charge is 0.253 e. The van der Waals surface area contributed by atoms with Crippen LogP contribution in [0.15, 0.2) is 24.3 Å². The average Bonchev–Trinajstić information content (AvgIpc) is 2.39. The Kier molecular flexibility index (Phi) is 4.33. The molecule has 4 heteroatoms. The number of aliphatic hydroxyl groups is 1. The highest BCUT2D eigenvalue weighted by atomic mass is 16.5. The summed E-state index contributed by atoms with van der Waals surface area (Å²) in [5, 5.41) is 9.60. The lowest BCUT2D eigenvalue weighted by Gasteiger charge is -2.30. The second-order valence-corrected chi connectivity index (χ2v) is 4.68. The molecule has 1 fully saturated rings. The minimum absolute atomic E-state index is 0.00768. The summed E-state index contributed by atoms with van der Waals surface area (Å²) in [6.45, 7) is 1.67. The van der Waals surface area contributed by atoms with Crippen LogP contribution in [-0.2, 0) is 11.3 Å². The quantitative estimate of drug-likeness (QED) is 0.881. The first-order valence-corrected chi connectivity index (χ1v) is 6.26. The third kappa shape index (κ3) is 3.09. The molecule has 1 aliphatic heterocycles. The van der Waals surface area contributed by atoms with Gasteiger partial charge in [-0.3, -0.25) is 4.79 Å². The Morgan fingerprint density at radius 1 is 1.56 bits per heavy atom. The lowest BCUT2D eigenvalue weighted by molar-refractivity contribution is 0.0473. The molecule has 18 heavy (non-hydrogen) atoms. The number of ether oxygens (including phenoxy) is 1. The number of carbonyl (C=O) groups is 1. The van der Waals surface area contributed by atoms with Gasteiger partial charge in [-0.15, -0.1) is 0 Å². The van der Waals surface area contributed by atoms with Gasteiger partial charge in [0.25, 0.3) is 5.91 Å². The van der Waals surface area contributed by atoms with Gasteiger partial charge in [0.2, 0.25) is 0 Å². The fourth-order valence-corrected chi connectivity index (χ4v) is 2.28. The molecular formula is C14H19NO3. The number of hydrogen-bond donors (Lipinski definition) is 1. The third-order valence-corrected chi connectivity index (χ3v) is 3.17. The topological polar surface area (TPSA) is 49.8 Å². The van der Waals surface area contributed by atoms with Gasteiger partial charge in [-0.1, -0.05) is 12.1 Å². The molecular weight excluding hydrogens is 230 g/mol. The molecule has 2 rings (SSSR count). The first-order chi connectivity index (χ1) is 8.70. The molecule has 1 aromatic rings. The van der Waals surface area contributed by atoms with Gasteiger partial charge in [-0.05, 0) is 30.5 Å². The van der Waals surface area contributed by atoms with Crippen molar-refractivity contribution in [2.45, 2.75) is 25.6 Å². The van der Waals surface area contributed by atoms with Crippen LogP contribution in [-0.4, -0.2) is 42.2 Å². The van der Waals surface area contributed by atoms with E-state index < -0.39 is 0 Å². The van der Waals surface area contributed by atoms with E-state index in [9.17, 15) is 9.90 Å². The molecule has 0 unspecified atom stereocenters. The molecule has 0 spiro atoms. The molecule has 1 N–H and O–H groups in total. The lowest BCUT2D eigenvalue weighted by Crippen LogP contribution is -2.42. The van der Waals surface area contributed by atoms with Gasteiger partial charge < -0.3 is 14.7 Å². The molecule has 4 nitrogen and oxygen atoms in total. The standard InChI is InChI=1S/C14H19NO3/c1-18-10-11-4-2-5-12(8-11)14(17)15-7-3-6-13(16)9-15/h2,4-5,8,13,16H,3,6-7,9-10H2,1H3/t13-/m0/s1. The van der Waals surface area contributed by atoms with E-state index in [4.69, 9.17) is 4.74 Å². The summed E-state index contributed by atoms with van der Waals surface area (Å²) in [6, 6.07) is 7.46. The van der Waals surface area contributed by atoms with Crippen LogP contribution in [0.2, 0.25) is 0 Å². The molecule has 0 aromatic heterocycles. The van der Waals surface area contributed by atoms with Crippen molar-refractivity contribution in [3.05, 3.63) is 35.4 Å². The molecule has 1 aromatic carbocycles. The molecule has 98 valence electrons. The zero-order valence-corrected chi connectivity index (χ0v) is 10.6. The van der Waals surface area contributed by atoms with Gasteiger partial charge in [-0.25, -0.2) is 0 Å². The number of amides is 1. The summed E-state index contributed by atoms with van der Waals surface area (Å²) >= 11 is 0. The van der Waals surface area contributed by atoms with Gasteiger partial charge in [0.15, 0.2) is 0 Å². The minimum atomic E-state index is -0.384. The van der Waals surface area contributed by atoms with E-state index in [1.165, 1.54) is 0 Å². The molecule has 1 heterocycles. The van der Waals surface area contributed by atoms with E-state index in [1.807, 2.05) is 24.3 Å². The number of rotatable bonds is 3. The van der Waals surface area contributed by atoms with Crippen molar-refractivity contribution in [2.24, 2.45) is 0 Å². The maximum Gasteiger partial charge on any atom is 0.253 e. The van der Waals surface area contributed by atoms with E-state index >= 15 is 0 Å². The van der Waals surface area contributed by atoms with Crippen LogP contribution in [0.5, 0.6) is 0 Å². The van der Waals surface area contributed by atoms with Gasteiger partial charge in [0, 0.05) is 25.8 Å². The van der Waals surface area contributed by atoms with E-state index in [2.05, 4.69) is 0 Å². The summed E-state index contributed by atoms with van der Waals surface area (Å²) < 4.78 is 5.06. The van der Waals surface area contributed by atoms with Crippen LogP contribution in [0.3, 0.4) is 0 Å². The summed E-state index contributed by atoms with van der Waals surface area (Å²) in [5.41, 5.74) is 1.65. The zero-order valence-electron chi connectivity index (χ0n) is 10.6. The number of hydrogen-bond acceptors (Lipinski definition) is 3. The monoisotopic (exact) mass is 249 g/mol. The second-order valence-electron chi connectivity index (χ2n) is 4.68. The maximum absolute atomic E-state index is 12.3. The largest absolute Gasteiger partial charge is 0.391 e. The van der Waals surface area contributed by atoms with Gasteiger partial charge >= 0.3 is 0 Å². The van der Waals surface area contributed by atoms with Crippen molar-refractivity contribution in [2.75, 3.05) is 20.2 Å². The number of likely N-dealkylation sites (tertiary alicyclic amines) is 1. The van der Waals surface area contributed by atoms with Crippen molar-refractivity contribution >= 4 is 5.91 Å². The highest BCUT2D eigenvalue weighted by Crippen LogP contribution is 2.15. The second kappa shape index (κ2) is 5.98. The Morgan fingerprint density at radius 3 is 3.11 bits per heavy atom. The predicted octanol–water partition coefficient (Wildman–Crippen LogP) is 1.43. The molecule has 1 amide bonds. The van der Waals surface area contributed by atoms with Crippen molar-refractivity contribution < 1.29 is 14.6 Å². The van der Waals surface area contributed by atoms with Crippen LogP contribution < -0.4 is 0 Å². The highest BCUT2D eigenvalue weighted by molar-refractivity contribution is 5.94. The normalized spacial score (nSPS) is 19.9. The van der Waals surface area contributed by atoms with Gasteiger partial charge in [0.05, 0.1) is 12.7 Å². The van der Waals surface area contributed by atoms with Crippen molar-refractivity contribution in [1.82, 2.24) is 4.90 Å². The summed E-state index contributed by atoms with van der Waals surface area (Å²) in [7, 11) is 1.63. The molecule has 1 aliphatic rings. The number of nitrogens with zero attached hydrogens (tertiary/aromatic N) is 1. The fourth-order valence-electron chi connectivity index (χ4n) is 2.28. The summed E-state index contributed by atoms with van der Waals surface area (Å²) in [5.74, 6) is -0.00768. The van der Waals surface area contributed by atoms with E-state index in [1.54, 1.807) is 12.0 Å². The Labute approximate surface area is 107 Å². The zero-order chi connectivity index (χ0) is 13.0. The lowest BCUT2D eigenvalue weighted by atomic mass is 10.1. The Balaban J connectivity index is 2.10. The molecule has 1 saturated heterocycles. The molecule has 1 atom stereocenters. The average molecular weight is 249 g/mol. The number of β-amino-alcohol motifs (C(OH)–C–C–N with tert-alkyl or cyclic N) is 1. The predicted molar refractivity (Wildman–Crippen MR) is 68.3 cm³/mol. The van der Waals surface area contributed by atoms with Crippen LogP contribution >= 0.6 is 0 Å². The van der Waals surface area contributed by atoms with Crippen molar-refractivity contribution in [3.63, 3.8) is 0 Å². The molecule has 0 saturated carbocycles. The Hall–Kier alpha value is -1.39. The van der Waals surface area contributed by atoms with Crippen LogP contribution in [0.4, 0.5) is 0 Å². The molecule has 0 aliphatic carbocycles. The fraction of sp³-hybridized carbons (Fsp3) is 0.500. The summed E-state index contributed by atoms with van der Waals surface area (Å²) in [4.78, 5) is 14.0. The van der Waals surface area contributed by atoms with Crippen LogP contribution in [0.25, 0.3) is 0 Å². The molecule has 0 radical (unpaired) electrons. The van der Waals surface area contributed by atoms with E-state index in [0.29, 0.717) is 18.7 Å². The third-order valence-electron chi connectivity index (χ3n) is 3.17. The molecule has 0 bridgehead atoms. The van der Waals surface area contributed by atoms with Gasteiger partial charge in [-0.2, -0.15) is 0 Å². The van der Waals surface area contributed by atoms with E-state index in [-0.39, 0.29) is 12.0 Å². The number of benzene rings is 1. The highest BCUT2D eigenvalue weighted by Gasteiger charge is 2.22.